The third kappa shape index (κ3) is 4.89. The number of aliphatic hydroxyl groups excluding tert-OH is 1. The molecule has 0 unspecified atom stereocenters. The summed E-state index contributed by atoms with van der Waals surface area (Å²) in [6, 6.07) is 9.10. The monoisotopic (exact) mass is 264 g/mol. The van der Waals surface area contributed by atoms with E-state index in [1.54, 1.807) is 19.1 Å². The van der Waals surface area contributed by atoms with Gasteiger partial charge in [-0.2, -0.15) is 5.10 Å². The molecule has 0 aliphatic heterocycles. The van der Waals surface area contributed by atoms with E-state index in [0.717, 1.165) is 10.6 Å². The Morgan fingerprint density at radius 2 is 2.05 bits per heavy atom. The van der Waals surface area contributed by atoms with Crippen LogP contribution < -0.4 is 0 Å². The molecule has 6 nitrogen and oxygen atoms in total. The van der Waals surface area contributed by atoms with Gasteiger partial charge >= 0.3 is 11.9 Å². The number of rotatable bonds is 5. The van der Waals surface area contributed by atoms with E-state index in [1.165, 1.54) is 6.21 Å². The Labute approximate surface area is 111 Å². The fraction of sp³-hybridized carbons (Fsp3) is 0.308. The van der Waals surface area contributed by atoms with Crippen molar-refractivity contribution in [3.63, 3.8) is 0 Å². The summed E-state index contributed by atoms with van der Waals surface area (Å²) >= 11 is 0. The molecule has 0 saturated heterocycles. The van der Waals surface area contributed by atoms with Gasteiger partial charge in [-0.05, 0) is 12.5 Å². The van der Waals surface area contributed by atoms with Crippen LogP contribution in [0.5, 0.6) is 0 Å². The molecule has 6 heteroatoms. The van der Waals surface area contributed by atoms with Gasteiger partial charge in [-0.15, -0.1) is 0 Å². The van der Waals surface area contributed by atoms with Gasteiger partial charge in [-0.25, -0.2) is 9.80 Å². The first-order valence-electron chi connectivity index (χ1n) is 5.87. The minimum absolute atomic E-state index is 0.0685. The highest BCUT2D eigenvalue weighted by Gasteiger charge is 2.22. The highest BCUT2D eigenvalue weighted by atomic mass is 16.5. The molecule has 1 amide bonds. The predicted octanol–water partition coefficient (Wildman–Crippen LogP) is 0.404. The maximum Gasteiger partial charge on any atom is 0.398 e. The summed E-state index contributed by atoms with van der Waals surface area (Å²) in [6.45, 7) is 1.35. The summed E-state index contributed by atoms with van der Waals surface area (Å²) in [7, 11) is 0. The van der Waals surface area contributed by atoms with E-state index in [2.05, 4.69) is 9.84 Å². The molecule has 0 aliphatic rings. The Balaban J connectivity index is 2.75. The third-order valence-corrected chi connectivity index (χ3v) is 2.14. The standard InChI is InChI=1S/C13H16N2O4/c1-2-19-13(18)12(17)15(8-9-16)14-10-11-6-4-3-5-7-11/h3-7,10,16H,2,8-9H2,1H3. The molecule has 0 atom stereocenters. The van der Waals surface area contributed by atoms with Crippen LogP contribution in [0.3, 0.4) is 0 Å². The van der Waals surface area contributed by atoms with Crippen LogP contribution in [0, 0.1) is 0 Å². The van der Waals surface area contributed by atoms with Gasteiger partial charge in [0.2, 0.25) is 0 Å². The quantitative estimate of drug-likeness (QED) is 0.361. The molecule has 0 saturated carbocycles. The summed E-state index contributed by atoms with van der Waals surface area (Å²) in [5, 5.41) is 13.6. The zero-order chi connectivity index (χ0) is 14.1. The van der Waals surface area contributed by atoms with Crippen molar-refractivity contribution in [2.24, 2.45) is 5.10 Å². The van der Waals surface area contributed by atoms with Gasteiger partial charge in [0.1, 0.15) is 0 Å². The summed E-state index contributed by atoms with van der Waals surface area (Å²) in [4.78, 5) is 23.0. The summed E-state index contributed by atoms with van der Waals surface area (Å²) < 4.78 is 4.60. The number of aliphatic hydroxyl groups is 1. The Kier molecular flexibility index (Phi) is 6.25. The molecule has 0 fully saturated rings. The lowest BCUT2D eigenvalue weighted by Gasteiger charge is -2.14. The average molecular weight is 264 g/mol. The van der Waals surface area contributed by atoms with Gasteiger partial charge in [0.25, 0.3) is 0 Å². The van der Waals surface area contributed by atoms with E-state index in [4.69, 9.17) is 5.11 Å². The molecule has 1 rings (SSSR count). The van der Waals surface area contributed by atoms with Crippen LogP contribution in [0.1, 0.15) is 12.5 Å². The lowest BCUT2D eigenvalue weighted by atomic mass is 10.2. The van der Waals surface area contributed by atoms with Crippen molar-refractivity contribution >= 4 is 18.1 Å². The first kappa shape index (κ1) is 14.8. The fourth-order valence-electron chi connectivity index (χ4n) is 1.28. The van der Waals surface area contributed by atoms with Crippen LogP contribution in [0.2, 0.25) is 0 Å². The van der Waals surface area contributed by atoms with Crippen molar-refractivity contribution < 1.29 is 19.4 Å². The maximum atomic E-state index is 11.7. The summed E-state index contributed by atoms with van der Waals surface area (Å²) in [5.41, 5.74) is 0.780. The van der Waals surface area contributed by atoms with Crippen LogP contribution >= 0.6 is 0 Å². The first-order valence-corrected chi connectivity index (χ1v) is 5.87. The second-order valence-electron chi connectivity index (χ2n) is 3.53. The van der Waals surface area contributed by atoms with Gasteiger partial charge in [0.05, 0.1) is 26.0 Å². The SMILES string of the molecule is CCOC(=O)C(=O)N(CCO)N=Cc1ccccc1. The Hall–Kier alpha value is -2.21. The average Bonchev–Trinajstić information content (AvgIpc) is 2.44. The van der Waals surface area contributed by atoms with Crippen molar-refractivity contribution in [1.29, 1.82) is 0 Å². The van der Waals surface area contributed by atoms with Crippen molar-refractivity contribution in [3.8, 4) is 0 Å². The zero-order valence-corrected chi connectivity index (χ0v) is 10.7. The van der Waals surface area contributed by atoms with E-state index in [1.807, 2.05) is 18.2 Å². The molecule has 0 bridgehead atoms. The molecule has 0 heterocycles. The molecule has 0 aliphatic carbocycles. The second-order valence-corrected chi connectivity index (χ2v) is 3.53. The lowest BCUT2D eigenvalue weighted by molar-refractivity contribution is -0.160. The second kappa shape index (κ2) is 7.99. The lowest BCUT2D eigenvalue weighted by Crippen LogP contribution is -2.35. The molecule has 102 valence electrons. The van der Waals surface area contributed by atoms with Gasteiger partial charge in [-0.1, -0.05) is 30.3 Å². The Bertz CT molecular complexity index is 445. The minimum Gasteiger partial charge on any atom is -0.459 e. The van der Waals surface area contributed by atoms with Gasteiger partial charge < -0.3 is 9.84 Å². The Morgan fingerprint density at radius 1 is 1.37 bits per heavy atom. The summed E-state index contributed by atoms with van der Waals surface area (Å²) in [6.07, 6.45) is 1.44. The van der Waals surface area contributed by atoms with E-state index in [-0.39, 0.29) is 19.8 Å². The normalized spacial score (nSPS) is 10.4. The van der Waals surface area contributed by atoms with Crippen LogP contribution in [0.25, 0.3) is 0 Å². The predicted molar refractivity (Wildman–Crippen MR) is 69.5 cm³/mol. The number of amides is 1. The third-order valence-electron chi connectivity index (χ3n) is 2.14. The molecular formula is C13H16N2O4. The molecule has 0 aromatic heterocycles. The number of nitrogens with zero attached hydrogens (tertiary/aromatic N) is 2. The number of hydrogen-bond donors (Lipinski definition) is 1. The van der Waals surface area contributed by atoms with E-state index < -0.39 is 11.9 Å². The first-order chi connectivity index (χ1) is 9.19. The van der Waals surface area contributed by atoms with Gasteiger partial charge in [0.15, 0.2) is 0 Å². The van der Waals surface area contributed by atoms with Crippen LogP contribution in [-0.2, 0) is 14.3 Å². The molecule has 0 radical (unpaired) electrons. The zero-order valence-electron chi connectivity index (χ0n) is 10.7. The molecule has 19 heavy (non-hydrogen) atoms. The van der Waals surface area contributed by atoms with Crippen LogP contribution in [0.4, 0.5) is 0 Å². The van der Waals surface area contributed by atoms with Crippen molar-refractivity contribution in [1.82, 2.24) is 5.01 Å². The number of esters is 1. The number of benzene rings is 1. The number of hydrogen-bond acceptors (Lipinski definition) is 5. The summed E-state index contributed by atoms with van der Waals surface area (Å²) in [5.74, 6) is -1.88. The molecule has 0 spiro atoms. The molecule has 1 N–H and O–H groups in total. The van der Waals surface area contributed by atoms with Crippen molar-refractivity contribution in [3.05, 3.63) is 35.9 Å². The number of hydrazone groups is 1. The van der Waals surface area contributed by atoms with Crippen LogP contribution in [-0.4, -0.2) is 48.0 Å². The smallest absolute Gasteiger partial charge is 0.398 e. The largest absolute Gasteiger partial charge is 0.459 e. The number of carbonyl (C=O) groups is 2. The fourth-order valence-corrected chi connectivity index (χ4v) is 1.28. The molecular weight excluding hydrogens is 248 g/mol. The maximum absolute atomic E-state index is 11.7. The van der Waals surface area contributed by atoms with E-state index in [9.17, 15) is 9.59 Å². The van der Waals surface area contributed by atoms with Gasteiger partial charge in [-0.3, -0.25) is 4.79 Å². The van der Waals surface area contributed by atoms with E-state index in [0.29, 0.717) is 0 Å². The number of ether oxygens (including phenoxy) is 1. The van der Waals surface area contributed by atoms with Crippen molar-refractivity contribution in [2.75, 3.05) is 19.8 Å². The minimum atomic E-state index is -0.985. The van der Waals surface area contributed by atoms with Gasteiger partial charge in [0, 0.05) is 0 Å². The Morgan fingerprint density at radius 3 is 2.63 bits per heavy atom. The van der Waals surface area contributed by atoms with Crippen LogP contribution in [0.15, 0.2) is 35.4 Å². The highest BCUT2D eigenvalue weighted by molar-refractivity contribution is 6.32. The molecule has 1 aromatic carbocycles. The van der Waals surface area contributed by atoms with Crippen molar-refractivity contribution in [2.45, 2.75) is 6.92 Å². The molecule has 1 aromatic rings. The highest BCUT2D eigenvalue weighted by Crippen LogP contribution is 1.98. The topological polar surface area (TPSA) is 79.2 Å². The van der Waals surface area contributed by atoms with E-state index >= 15 is 0 Å². The number of carbonyl (C=O) groups excluding carboxylic acids is 2.